The smallest absolute Gasteiger partial charge is 0.307 e. The third-order valence-electron chi connectivity index (χ3n) is 8.38. The van der Waals surface area contributed by atoms with Gasteiger partial charge >= 0.3 is 11.0 Å². The molecule has 1 saturated heterocycles. The van der Waals surface area contributed by atoms with E-state index in [1.54, 1.807) is 23.9 Å². The Morgan fingerprint density at radius 2 is 1.68 bits per heavy atom. The lowest BCUT2D eigenvalue weighted by Crippen LogP contribution is -2.42. The minimum absolute atomic E-state index is 0.00267. The highest BCUT2D eigenvalue weighted by molar-refractivity contribution is 8.00. The Morgan fingerprint density at radius 1 is 0.973 bits per heavy atom. The number of hydrogen-bond acceptors (Lipinski definition) is 5. The molecular weight excluding hydrogens is 545 g/mol. The van der Waals surface area contributed by atoms with Crippen molar-refractivity contribution >= 4 is 52.2 Å². The number of carbonyl (C=O) groups is 2. The molecule has 4 aliphatic rings. The van der Waals surface area contributed by atoms with Crippen molar-refractivity contribution in [3.63, 3.8) is 0 Å². The predicted octanol–water partition coefficient (Wildman–Crippen LogP) is 5.79. The molecule has 3 heterocycles. The maximum atomic E-state index is 13.7. The van der Waals surface area contributed by atoms with Crippen molar-refractivity contribution in [3.8, 4) is 0 Å². The number of anilines is 1. The van der Waals surface area contributed by atoms with Gasteiger partial charge in [0.2, 0.25) is 11.8 Å². The number of carbonyl (C=O) groups excluding carboxylic acids is 2. The monoisotopic (exact) mass is 562 g/mol. The third kappa shape index (κ3) is 3.34. The summed E-state index contributed by atoms with van der Waals surface area (Å²) in [6.07, 6.45) is -3.88. The molecule has 2 amide bonds. The molecule has 7 rings (SSSR count). The van der Waals surface area contributed by atoms with E-state index in [9.17, 15) is 27.6 Å². The van der Waals surface area contributed by atoms with Crippen LogP contribution in [0.2, 0.25) is 5.02 Å². The molecule has 2 bridgehead atoms. The van der Waals surface area contributed by atoms with Gasteiger partial charge in [0.25, 0.3) is 0 Å². The summed E-state index contributed by atoms with van der Waals surface area (Å²) in [6.45, 7) is 0. The first-order valence-electron chi connectivity index (χ1n) is 11.8. The summed E-state index contributed by atoms with van der Waals surface area (Å²) in [4.78, 5) is 44.3. The lowest BCUT2D eigenvalue weighted by atomic mass is 9.68. The minimum Gasteiger partial charge on any atom is -0.307 e. The van der Waals surface area contributed by atoms with E-state index < -0.39 is 35.4 Å². The molecule has 0 unspecified atom stereocenters. The highest BCUT2D eigenvalue weighted by Crippen LogP contribution is 2.68. The van der Waals surface area contributed by atoms with E-state index in [-0.39, 0.29) is 39.5 Å². The first-order valence-corrected chi connectivity index (χ1v) is 13.9. The molecule has 37 heavy (non-hydrogen) atoms. The van der Waals surface area contributed by atoms with Gasteiger partial charge in [-0.25, -0.2) is 0 Å². The fourth-order valence-electron chi connectivity index (χ4n) is 7.14. The number of amides is 2. The molecule has 0 spiro atoms. The lowest BCUT2D eigenvalue weighted by molar-refractivity contribution is -0.137. The zero-order chi connectivity index (χ0) is 25.8. The second kappa shape index (κ2) is 7.97. The van der Waals surface area contributed by atoms with Crippen LogP contribution in [0.25, 0.3) is 0 Å². The normalized spacial score (nSPS) is 32.0. The second-order valence-corrected chi connectivity index (χ2v) is 12.7. The molecule has 1 N–H and O–H groups in total. The quantitative estimate of drug-likeness (QED) is 0.402. The summed E-state index contributed by atoms with van der Waals surface area (Å²) < 4.78 is 40.0. The van der Waals surface area contributed by atoms with Crippen LogP contribution in [0, 0.1) is 29.6 Å². The van der Waals surface area contributed by atoms with Crippen molar-refractivity contribution in [3.05, 3.63) is 79.2 Å². The van der Waals surface area contributed by atoms with Crippen molar-refractivity contribution < 1.29 is 22.8 Å². The maximum absolute atomic E-state index is 13.7. The molecule has 7 atom stereocenters. The SMILES string of the molecule is O=C1[C@@H]2[C@H]3C[C@@H]([C@@H]2C(=O)N1c1cccc(C(F)(F)F)c1)[C@@H]1[C@@H](c2ccc(Cl)cc2)c2sc(=O)[nH]c2S[C@@H]31. The predicted molar refractivity (Wildman–Crippen MR) is 134 cm³/mol. The first-order chi connectivity index (χ1) is 17.6. The highest BCUT2D eigenvalue weighted by atomic mass is 35.5. The van der Waals surface area contributed by atoms with Crippen LogP contribution in [-0.2, 0) is 15.8 Å². The van der Waals surface area contributed by atoms with E-state index in [1.165, 1.54) is 23.5 Å². The number of nitrogens with one attached hydrogen (secondary N) is 1. The van der Waals surface area contributed by atoms with E-state index in [0.29, 0.717) is 11.4 Å². The number of nitrogens with zero attached hydrogens (tertiary/aromatic N) is 1. The summed E-state index contributed by atoms with van der Waals surface area (Å²) in [5.41, 5.74) is 0.0600. The van der Waals surface area contributed by atoms with Crippen LogP contribution < -0.4 is 9.77 Å². The summed E-state index contributed by atoms with van der Waals surface area (Å²) in [6, 6.07) is 11.9. The Balaban J connectivity index is 1.30. The summed E-state index contributed by atoms with van der Waals surface area (Å²) in [7, 11) is 0. The number of rotatable bonds is 2. The van der Waals surface area contributed by atoms with Gasteiger partial charge in [0, 0.05) is 21.1 Å². The highest BCUT2D eigenvalue weighted by Gasteiger charge is 2.69. The van der Waals surface area contributed by atoms with Crippen molar-refractivity contribution in [1.82, 2.24) is 4.98 Å². The Kier molecular flexibility index (Phi) is 5.07. The van der Waals surface area contributed by atoms with Crippen LogP contribution in [0.4, 0.5) is 18.9 Å². The van der Waals surface area contributed by atoms with Crippen molar-refractivity contribution in [2.75, 3.05) is 4.90 Å². The van der Waals surface area contributed by atoms with E-state index in [4.69, 9.17) is 11.6 Å². The van der Waals surface area contributed by atoms with Crippen LogP contribution in [0.15, 0.2) is 58.4 Å². The summed E-state index contributed by atoms with van der Waals surface area (Å²) >= 11 is 8.87. The Labute approximate surface area is 222 Å². The molecule has 2 saturated carbocycles. The molecule has 2 aliphatic heterocycles. The van der Waals surface area contributed by atoms with Gasteiger partial charge < -0.3 is 4.98 Å². The van der Waals surface area contributed by atoms with Gasteiger partial charge in [0.15, 0.2) is 0 Å². The fourth-order valence-corrected chi connectivity index (χ4v) is 10.2. The number of aromatic nitrogens is 1. The largest absolute Gasteiger partial charge is 0.416 e. The van der Waals surface area contributed by atoms with Gasteiger partial charge in [-0.05, 0) is 60.1 Å². The maximum Gasteiger partial charge on any atom is 0.416 e. The average Bonchev–Trinajstić information content (AvgIpc) is 3.58. The summed E-state index contributed by atoms with van der Waals surface area (Å²) in [5, 5.41) is 1.39. The van der Waals surface area contributed by atoms with Crippen molar-refractivity contribution in [2.24, 2.45) is 29.6 Å². The number of alkyl halides is 3. The number of imide groups is 1. The van der Waals surface area contributed by atoms with Gasteiger partial charge in [-0.2, -0.15) is 13.2 Å². The molecule has 2 aliphatic carbocycles. The number of thiazole rings is 1. The first kappa shape index (κ1) is 23.5. The minimum atomic E-state index is -4.58. The van der Waals surface area contributed by atoms with Gasteiger partial charge in [0.05, 0.1) is 28.1 Å². The van der Waals surface area contributed by atoms with E-state index in [2.05, 4.69) is 4.98 Å². The van der Waals surface area contributed by atoms with Crippen LogP contribution >= 0.6 is 34.7 Å². The standard InChI is InChI=1S/C26H18ClF3N2O3S2/c27-12-6-4-10(5-7-12)16-17-14-9-15(20(17)36-22-21(16)37-25(35)31-22)19-18(14)23(33)32(24(19)34)13-3-1-2-11(8-13)26(28,29)30/h1-8,14-20H,9H2,(H,31,35)/t14-,15-,16-,17-,18+,19-,20+/m1/s1. The van der Waals surface area contributed by atoms with Crippen molar-refractivity contribution in [2.45, 2.75) is 28.8 Å². The number of aromatic amines is 1. The number of thioether (sulfide) groups is 1. The van der Waals surface area contributed by atoms with Gasteiger partial charge in [-0.3, -0.25) is 19.3 Å². The third-order valence-corrected chi connectivity index (χ3v) is 11.2. The van der Waals surface area contributed by atoms with Crippen LogP contribution in [0.1, 0.15) is 28.3 Å². The van der Waals surface area contributed by atoms with Crippen LogP contribution in [0.3, 0.4) is 0 Å². The number of halogens is 4. The van der Waals surface area contributed by atoms with Gasteiger partial charge in [-0.1, -0.05) is 41.1 Å². The fraction of sp³-hybridized carbons (Fsp3) is 0.346. The lowest BCUT2D eigenvalue weighted by Gasteiger charge is -2.43. The van der Waals surface area contributed by atoms with Crippen LogP contribution in [0.5, 0.6) is 0 Å². The molecule has 5 nitrogen and oxygen atoms in total. The van der Waals surface area contributed by atoms with Crippen LogP contribution in [-0.4, -0.2) is 22.0 Å². The molecule has 1 aromatic heterocycles. The Bertz CT molecular complexity index is 1520. The van der Waals surface area contributed by atoms with E-state index in [0.717, 1.165) is 32.5 Å². The number of hydrogen-bond donors (Lipinski definition) is 1. The zero-order valence-electron chi connectivity index (χ0n) is 18.9. The zero-order valence-corrected chi connectivity index (χ0v) is 21.3. The molecule has 3 fully saturated rings. The Hall–Kier alpha value is -2.56. The Morgan fingerprint density at radius 3 is 2.38 bits per heavy atom. The molecule has 190 valence electrons. The molecule has 3 aromatic rings. The molecular formula is C26H18ClF3N2O3S2. The number of benzene rings is 2. The summed E-state index contributed by atoms with van der Waals surface area (Å²) in [5.74, 6) is -2.35. The number of fused-ring (bicyclic) bond motifs is 9. The molecule has 2 aromatic carbocycles. The molecule has 0 radical (unpaired) electrons. The van der Waals surface area contributed by atoms with Gasteiger partial charge in [-0.15, -0.1) is 11.8 Å². The van der Waals surface area contributed by atoms with Crippen molar-refractivity contribution in [1.29, 1.82) is 0 Å². The number of H-pyrrole nitrogens is 1. The topological polar surface area (TPSA) is 70.2 Å². The molecule has 11 heteroatoms. The second-order valence-electron chi connectivity index (χ2n) is 10.1. The average molecular weight is 563 g/mol. The van der Waals surface area contributed by atoms with Gasteiger partial charge in [0.1, 0.15) is 0 Å². The van der Waals surface area contributed by atoms with E-state index >= 15 is 0 Å². The van der Waals surface area contributed by atoms with E-state index in [1.807, 2.05) is 12.1 Å².